The van der Waals surface area contributed by atoms with E-state index in [9.17, 15) is 9.18 Å². The van der Waals surface area contributed by atoms with E-state index in [1.165, 1.54) is 34.5 Å². The first-order valence-corrected chi connectivity index (χ1v) is 9.10. The molecular formula is C21H27FN2O5. The van der Waals surface area contributed by atoms with Gasteiger partial charge in [-0.2, -0.15) is 0 Å². The van der Waals surface area contributed by atoms with E-state index in [0.29, 0.717) is 36.0 Å². The molecule has 29 heavy (non-hydrogen) atoms. The van der Waals surface area contributed by atoms with Crippen LogP contribution in [0.2, 0.25) is 0 Å². The van der Waals surface area contributed by atoms with Crippen molar-refractivity contribution in [3.8, 4) is 23.0 Å². The Labute approximate surface area is 170 Å². The Morgan fingerprint density at radius 2 is 1.59 bits per heavy atom. The van der Waals surface area contributed by atoms with Gasteiger partial charge in [-0.3, -0.25) is 9.69 Å². The van der Waals surface area contributed by atoms with Crippen LogP contribution in [0, 0.1) is 5.82 Å². The van der Waals surface area contributed by atoms with Crippen LogP contribution >= 0.6 is 0 Å². The molecule has 158 valence electrons. The first-order chi connectivity index (χ1) is 13.9. The number of ether oxygens (including phenoxy) is 4. The number of carbonyl (C=O) groups excluding carboxylic acids is 1. The van der Waals surface area contributed by atoms with E-state index in [2.05, 4.69) is 5.32 Å². The number of carbonyl (C=O) groups is 1. The number of rotatable bonds is 10. The molecule has 0 atom stereocenters. The number of amides is 1. The summed E-state index contributed by atoms with van der Waals surface area (Å²) >= 11 is 0. The van der Waals surface area contributed by atoms with Crippen molar-refractivity contribution in [3.63, 3.8) is 0 Å². The van der Waals surface area contributed by atoms with Crippen LogP contribution in [0.15, 0.2) is 30.3 Å². The van der Waals surface area contributed by atoms with Crippen molar-refractivity contribution in [2.75, 3.05) is 46.8 Å². The van der Waals surface area contributed by atoms with Crippen molar-refractivity contribution in [1.82, 2.24) is 4.90 Å². The molecule has 0 radical (unpaired) electrons. The van der Waals surface area contributed by atoms with Gasteiger partial charge in [0.05, 0.1) is 35.0 Å². The molecule has 2 rings (SSSR count). The molecule has 2 aromatic carbocycles. The van der Waals surface area contributed by atoms with E-state index in [-0.39, 0.29) is 18.2 Å². The van der Waals surface area contributed by atoms with Crippen LogP contribution in [0.4, 0.5) is 10.1 Å². The van der Waals surface area contributed by atoms with Gasteiger partial charge >= 0.3 is 0 Å². The minimum atomic E-state index is -0.428. The van der Waals surface area contributed by atoms with Crippen molar-refractivity contribution in [2.45, 2.75) is 13.5 Å². The maximum Gasteiger partial charge on any atom is 0.238 e. The summed E-state index contributed by atoms with van der Waals surface area (Å²) in [6.07, 6.45) is 0. The van der Waals surface area contributed by atoms with Crippen LogP contribution in [0.25, 0.3) is 0 Å². The van der Waals surface area contributed by atoms with Crippen LogP contribution in [0.3, 0.4) is 0 Å². The SMILES string of the molecule is CCN(CC(=O)Nc1cc(OC)c(OC)c(OC)c1)Cc1ccc(OC)c(F)c1. The highest BCUT2D eigenvalue weighted by Crippen LogP contribution is 2.39. The van der Waals surface area contributed by atoms with Gasteiger partial charge in [0.1, 0.15) is 0 Å². The molecule has 1 amide bonds. The van der Waals surface area contributed by atoms with E-state index in [4.69, 9.17) is 18.9 Å². The lowest BCUT2D eigenvalue weighted by molar-refractivity contribution is -0.117. The van der Waals surface area contributed by atoms with Crippen LogP contribution < -0.4 is 24.3 Å². The molecule has 0 heterocycles. The fourth-order valence-corrected chi connectivity index (χ4v) is 2.90. The Morgan fingerprint density at radius 3 is 2.07 bits per heavy atom. The van der Waals surface area contributed by atoms with Crippen molar-refractivity contribution >= 4 is 11.6 Å². The number of likely N-dealkylation sites (N-methyl/N-ethyl adjacent to an activating group) is 1. The highest BCUT2D eigenvalue weighted by molar-refractivity contribution is 5.93. The number of nitrogens with one attached hydrogen (secondary N) is 1. The topological polar surface area (TPSA) is 69.3 Å². The zero-order valence-electron chi connectivity index (χ0n) is 17.4. The van der Waals surface area contributed by atoms with Gasteiger partial charge in [0.15, 0.2) is 23.1 Å². The number of anilines is 1. The standard InChI is InChI=1S/C21H27FN2O5/c1-6-24(12-14-7-8-17(26-2)16(22)9-14)13-20(25)23-15-10-18(27-3)21(29-5)19(11-15)28-4/h7-11H,6,12-13H2,1-5H3,(H,23,25). The maximum atomic E-state index is 13.9. The first-order valence-electron chi connectivity index (χ1n) is 9.10. The Kier molecular flexibility index (Phi) is 8.09. The molecular weight excluding hydrogens is 379 g/mol. The van der Waals surface area contributed by atoms with E-state index in [0.717, 1.165) is 5.56 Å². The second-order valence-electron chi connectivity index (χ2n) is 6.23. The van der Waals surface area contributed by atoms with Crippen LogP contribution in [-0.4, -0.2) is 52.3 Å². The smallest absolute Gasteiger partial charge is 0.238 e. The number of methoxy groups -OCH3 is 4. The zero-order chi connectivity index (χ0) is 21.4. The van der Waals surface area contributed by atoms with Crippen molar-refractivity contribution < 1.29 is 28.1 Å². The minimum absolute atomic E-state index is 0.140. The molecule has 0 bridgehead atoms. The average Bonchev–Trinajstić information content (AvgIpc) is 2.72. The third-order valence-corrected chi connectivity index (χ3v) is 4.39. The van der Waals surface area contributed by atoms with Gasteiger partial charge in [0.2, 0.25) is 11.7 Å². The third kappa shape index (κ3) is 5.74. The van der Waals surface area contributed by atoms with Gasteiger partial charge < -0.3 is 24.3 Å². The third-order valence-electron chi connectivity index (χ3n) is 4.39. The minimum Gasteiger partial charge on any atom is -0.494 e. The zero-order valence-corrected chi connectivity index (χ0v) is 17.4. The highest BCUT2D eigenvalue weighted by atomic mass is 19.1. The molecule has 0 saturated heterocycles. The lowest BCUT2D eigenvalue weighted by Crippen LogP contribution is -2.32. The van der Waals surface area contributed by atoms with Crippen LogP contribution in [-0.2, 0) is 11.3 Å². The maximum absolute atomic E-state index is 13.9. The number of benzene rings is 2. The molecule has 8 heteroatoms. The summed E-state index contributed by atoms with van der Waals surface area (Å²) in [4.78, 5) is 14.4. The molecule has 0 fully saturated rings. The predicted octanol–water partition coefficient (Wildman–Crippen LogP) is 3.32. The van der Waals surface area contributed by atoms with Gasteiger partial charge in [-0.1, -0.05) is 13.0 Å². The Balaban J connectivity index is 2.07. The van der Waals surface area contributed by atoms with E-state index in [1.54, 1.807) is 24.3 Å². The summed E-state index contributed by atoms with van der Waals surface area (Å²) in [6, 6.07) is 8.09. The van der Waals surface area contributed by atoms with Crippen molar-refractivity contribution in [1.29, 1.82) is 0 Å². The van der Waals surface area contributed by atoms with Crippen LogP contribution in [0.1, 0.15) is 12.5 Å². The Hall–Kier alpha value is -3.00. The largest absolute Gasteiger partial charge is 0.494 e. The summed E-state index contributed by atoms with van der Waals surface area (Å²) in [5.41, 5.74) is 1.28. The van der Waals surface area contributed by atoms with Gasteiger partial charge in [-0.15, -0.1) is 0 Å². The molecule has 0 unspecified atom stereocenters. The summed E-state index contributed by atoms with van der Waals surface area (Å²) in [6.45, 7) is 3.13. The molecule has 1 N–H and O–H groups in total. The molecule has 0 aromatic heterocycles. The fourth-order valence-electron chi connectivity index (χ4n) is 2.90. The summed E-state index contributed by atoms with van der Waals surface area (Å²) in [7, 11) is 5.95. The molecule has 0 saturated carbocycles. The Morgan fingerprint density at radius 1 is 0.966 bits per heavy atom. The summed E-state index contributed by atoms with van der Waals surface area (Å²) < 4.78 is 34.7. The molecule has 7 nitrogen and oxygen atoms in total. The van der Waals surface area contributed by atoms with Gasteiger partial charge in [-0.25, -0.2) is 4.39 Å². The average molecular weight is 406 g/mol. The van der Waals surface area contributed by atoms with E-state index in [1.807, 2.05) is 11.8 Å². The van der Waals surface area contributed by atoms with Crippen molar-refractivity contribution in [3.05, 3.63) is 41.7 Å². The van der Waals surface area contributed by atoms with E-state index >= 15 is 0 Å². The van der Waals surface area contributed by atoms with Crippen LogP contribution in [0.5, 0.6) is 23.0 Å². The fraction of sp³-hybridized carbons (Fsp3) is 0.381. The second kappa shape index (κ2) is 10.5. The monoisotopic (exact) mass is 406 g/mol. The number of nitrogens with zero attached hydrogens (tertiary/aromatic N) is 1. The van der Waals surface area contributed by atoms with Gasteiger partial charge in [0, 0.05) is 24.4 Å². The normalized spacial score (nSPS) is 10.6. The summed E-state index contributed by atoms with van der Waals surface area (Å²) in [5.74, 6) is 0.895. The lowest BCUT2D eigenvalue weighted by Gasteiger charge is -2.21. The number of hydrogen-bond acceptors (Lipinski definition) is 6. The summed E-state index contributed by atoms with van der Waals surface area (Å²) in [5, 5.41) is 2.83. The number of halogens is 1. The quantitative estimate of drug-likeness (QED) is 0.653. The van der Waals surface area contributed by atoms with E-state index < -0.39 is 5.82 Å². The molecule has 0 aliphatic heterocycles. The number of hydrogen-bond donors (Lipinski definition) is 1. The molecule has 0 aliphatic rings. The van der Waals surface area contributed by atoms with Crippen molar-refractivity contribution in [2.24, 2.45) is 0 Å². The predicted molar refractivity (Wildman–Crippen MR) is 109 cm³/mol. The molecule has 2 aromatic rings. The van der Waals surface area contributed by atoms with Gasteiger partial charge in [-0.05, 0) is 24.2 Å². The second-order valence-corrected chi connectivity index (χ2v) is 6.23. The first kappa shape index (κ1) is 22.3. The lowest BCUT2D eigenvalue weighted by atomic mass is 10.2. The van der Waals surface area contributed by atoms with Gasteiger partial charge in [0.25, 0.3) is 0 Å². The Bertz CT molecular complexity index is 819. The highest BCUT2D eigenvalue weighted by Gasteiger charge is 2.16. The molecule has 0 aliphatic carbocycles. The molecule has 0 spiro atoms.